The lowest BCUT2D eigenvalue weighted by molar-refractivity contribution is -0.104. The topological polar surface area (TPSA) is 68.0 Å². The molecular formula is C25H21F4N3O. The molecule has 0 saturated carbocycles. The summed E-state index contributed by atoms with van der Waals surface area (Å²) in [6, 6.07) is 6.30. The van der Waals surface area contributed by atoms with Crippen molar-refractivity contribution in [2.75, 3.05) is 13.1 Å². The van der Waals surface area contributed by atoms with E-state index in [1.165, 1.54) is 18.6 Å². The van der Waals surface area contributed by atoms with Crippen LogP contribution in [0.25, 0.3) is 16.7 Å². The normalized spacial score (nSPS) is 17.1. The number of halogens is 4. The van der Waals surface area contributed by atoms with Crippen molar-refractivity contribution in [3.05, 3.63) is 76.4 Å². The maximum atomic E-state index is 15.1. The Morgan fingerprint density at radius 3 is 2.15 bits per heavy atom. The van der Waals surface area contributed by atoms with Crippen molar-refractivity contribution in [3.63, 3.8) is 0 Å². The van der Waals surface area contributed by atoms with Crippen LogP contribution < -0.4 is 0 Å². The third kappa shape index (κ3) is 4.30. The summed E-state index contributed by atoms with van der Waals surface area (Å²) < 4.78 is 60.2. The van der Waals surface area contributed by atoms with Gasteiger partial charge in [-0.15, -0.1) is 0 Å². The molecule has 0 amide bonds. The molecule has 0 radical (unpaired) electrons. The van der Waals surface area contributed by atoms with E-state index in [-0.39, 0.29) is 17.4 Å². The number of hydrogen-bond acceptors (Lipinski definition) is 4. The standard InChI is InChI=1S/C25H21F4N3O/c26-21-19(15-6-4-5-14(9-15)12-32-7-2-1-3-8-32)22(27)24(29)20(23(21)28)16-10-17(13-33)25(31)18(30)11-16/h4-6,9-11,13,30-31H,1-3,7-8,12H2. The van der Waals surface area contributed by atoms with Crippen LogP contribution in [0.4, 0.5) is 17.6 Å². The Morgan fingerprint density at radius 2 is 1.52 bits per heavy atom. The van der Waals surface area contributed by atoms with Crippen LogP contribution in [-0.2, 0) is 11.3 Å². The average molecular weight is 455 g/mol. The summed E-state index contributed by atoms with van der Waals surface area (Å²) in [5.74, 6) is -6.38. The van der Waals surface area contributed by atoms with E-state index < -0.39 is 51.4 Å². The highest BCUT2D eigenvalue weighted by atomic mass is 19.2. The molecule has 1 saturated heterocycles. The fraction of sp³-hybridized carbons (Fsp3) is 0.240. The van der Waals surface area contributed by atoms with Crippen LogP contribution >= 0.6 is 0 Å². The van der Waals surface area contributed by atoms with Crippen molar-refractivity contribution in [1.29, 1.82) is 10.8 Å². The van der Waals surface area contributed by atoms with Gasteiger partial charge in [0.15, 0.2) is 29.6 Å². The lowest BCUT2D eigenvalue weighted by Gasteiger charge is -2.26. The minimum absolute atomic E-state index is 0.0140. The third-order valence-corrected chi connectivity index (χ3v) is 5.92. The summed E-state index contributed by atoms with van der Waals surface area (Å²) in [6.07, 6.45) is 5.40. The van der Waals surface area contributed by atoms with Crippen LogP contribution in [0.15, 0.2) is 42.0 Å². The molecule has 2 aliphatic rings. The highest BCUT2D eigenvalue weighted by Crippen LogP contribution is 2.36. The molecule has 2 aromatic rings. The number of hydrogen-bond donors (Lipinski definition) is 2. The van der Waals surface area contributed by atoms with Gasteiger partial charge in [0.2, 0.25) is 0 Å². The first-order valence-corrected chi connectivity index (χ1v) is 10.6. The monoisotopic (exact) mass is 455 g/mol. The Bertz CT molecular complexity index is 1200. The number of piperidine rings is 1. The Labute approximate surface area is 188 Å². The van der Waals surface area contributed by atoms with Crippen LogP contribution in [0.1, 0.15) is 30.4 Å². The third-order valence-electron chi connectivity index (χ3n) is 5.92. The lowest BCUT2D eigenvalue weighted by Crippen LogP contribution is -2.29. The van der Waals surface area contributed by atoms with E-state index in [0.717, 1.165) is 43.6 Å². The predicted octanol–water partition coefficient (Wildman–Crippen LogP) is 5.46. The number of benzene rings is 2. The molecule has 1 aliphatic heterocycles. The van der Waals surface area contributed by atoms with Gasteiger partial charge in [-0.05, 0) is 60.8 Å². The fourth-order valence-corrected chi connectivity index (χ4v) is 4.24. The number of nitrogens with one attached hydrogen (secondary N) is 2. The Kier molecular flexibility index (Phi) is 6.37. The van der Waals surface area contributed by atoms with Gasteiger partial charge < -0.3 is 0 Å². The highest BCUT2D eigenvalue weighted by Gasteiger charge is 2.29. The van der Waals surface area contributed by atoms with Gasteiger partial charge in [-0.25, -0.2) is 17.6 Å². The number of carbonyl (C=O) groups excluding carboxylic acids is 1. The van der Waals surface area contributed by atoms with Gasteiger partial charge in [-0.2, -0.15) is 0 Å². The van der Waals surface area contributed by atoms with Crippen LogP contribution in [0.5, 0.6) is 0 Å². The van der Waals surface area contributed by atoms with Crippen molar-refractivity contribution in [1.82, 2.24) is 4.90 Å². The van der Waals surface area contributed by atoms with E-state index in [2.05, 4.69) is 4.90 Å². The largest absolute Gasteiger partial charge is 0.299 e. The van der Waals surface area contributed by atoms with Crippen molar-refractivity contribution in [2.24, 2.45) is 0 Å². The quantitative estimate of drug-likeness (QED) is 0.272. The number of carbonyl (C=O) groups is 1. The molecule has 0 unspecified atom stereocenters. The summed E-state index contributed by atoms with van der Waals surface area (Å²) in [5.41, 5.74) is -2.69. The van der Waals surface area contributed by atoms with Crippen LogP contribution in [0.2, 0.25) is 0 Å². The Morgan fingerprint density at radius 1 is 0.879 bits per heavy atom. The van der Waals surface area contributed by atoms with Crippen molar-refractivity contribution >= 4 is 23.3 Å². The number of rotatable bonds is 5. The van der Waals surface area contributed by atoms with Gasteiger partial charge in [0.25, 0.3) is 0 Å². The summed E-state index contributed by atoms with van der Waals surface area (Å²) in [5, 5.41) is 15.4. The van der Waals surface area contributed by atoms with Crippen LogP contribution in [0, 0.1) is 34.1 Å². The maximum Gasteiger partial charge on any atom is 0.170 e. The number of allylic oxidation sites excluding steroid dienone is 4. The fourth-order valence-electron chi connectivity index (χ4n) is 4.24. The summed E-state index contributed by atoms with van der Waals surface area (Å²) >= 11 is 0. The molecule has 8 heteroatoms. The van der Waals surface area contributed by atoms with E-state index in [0.29, 0.717) is 6.54 Å². The number of likely N-dealkylation sites (tertiary alicyclic amines) is 1. The zero-order chi connectivity index (χ0) is 23.7. The van der Waals surface area contributed by atoms with E-state index in [1.54, 1.807) is 12.1 Å². The van der Waals surface area contributed by atoms with E-state index in [1.807, 2.05) is 0 Å². The van der Waals surface area contributed by atoms with E-state index >= 15 is 17.6 Å². The van der Waals surface area contributed by atoms with Gasteiger partial charge >= 0.3 is 0 Å². The van der Waals surface area contributed by atoms with Gasteiger partial charge in [0.05, 0.1) is 22.6 Å². The lowest BCUT2D eigenvalue weighted by atomic mass is 9.90. The first kappa shape index (κ1) is 22.8. The molecule has 33 heavy (non-hydrogen) atoms. The van der Waals surface area contributed by atoms with Crippen molar-refractivity contribution in [2.45, 2.75) is 25.8 Å². The summed E-state index contributed by atoms with van der Waals surface area (Å²) in [4.78, 5) is 13.4. The minimum Gasteiger partial charge on any atom is -0.299 e. The molecule has 1 aliphatic carbocycles. The molecular weight excluding hydrogens is 434 g/mol. The summed E-state index contributed by atoms with van der Waals surface area (Å²) in [7, 11) is 0. The predicted molar refractivity (Wildman–Crippen MR) is 118 cm³/mol. The number of nitrogens with zero attached hydrogens (tertiary/aromatic N) is 1. The minimum atomic E-state index is -1.63. The van der Waals surface area contributed by atoms with E-state index in [9.17, 15) is 4.79 Å². The molecule has 0 aromatic heterocycles. The molecule has 170 valence electrons. The Balaban J connectivity index is 1.77. The van der Waals surface area contributed by atoms with E-state index in [4.69, 9.17) is 10.8 Å². The molecule has 2 N–H and O–H groups in total. The molecule has 0 spiro atoms. The zero-order valence-electron chi connectivity index (χ0n) is 17.7. The van der Waals surface area contributed by atoms with Gasteiger partial charge in [-0.3, -0.25) is 20.5 Å². The van der Waals surface area contributed by atoms with Crippen LogP contribution in [-0.4, -0.2) is 35.7 Å². The van der Waals surface area contributed by atoms with Gasteiger partial charge in [0, 0.05) is 12.1 Å². The second-order valence-corrected chi connectivity index (χ2v) is 8.15. The smallest absolute Gasteiger partial charge is 0.170 e. The van der Waals surface area contributed by atoms with Crippen LogP contribution in [0.3, 0.4) is 0 Å². The molecule has 1 heterocycles. The molecule has 4 rings (SSSR count). The molecule has 0 bridgehead atoms. The second-order valence-electron chi connectivity index (χ2n) is 8.15. The molecule has 1 fully saturated rings. The van der Waals surface area contributed by atoms with Crippen molar-refractivity contribution in [3.8, 4) is 11.1 Å². The maximum absolute atomic E-state index is 15.1. The summed E-state index contributed by atoms with van der Waals surface area (Å²) in [6.45, 7) is 2.41. The first-order valence-electron chi connectivity index (χ1n) is 10.6. The first-order chi connectivity index (χ1) is 15.8. The SMILES string of the molecule is N=C1C=C(c2c(F)c(F)c(-c3cccc(CN4CCCCC4)c3)c(F)c2F)C=C(C=O)C1=N. The molecule has 0 atom stereocenters. The Hall–Kier alpha value is -3.39. The second kappa shape index (κ2) is 9.23. The average Bonchev–Trinajstić information content (AvgIpc) is 2.81. The number of aldehydes is 1. The zero-order valence-corrected chi connectivity index (χ0v) is 17.7. The van der Waals surface area contributed by atoms with Crippen molar-refractivity contribution < 1.29 is 22.4 Å². The van der Waals surface area contributed by atoms with Gasteiger partial charge in [0.1, 0.15) is 0 Å². The molecule has 4 nitrogen and oxygen atoms in total. The van der Waals surface area contributed by atoms with Gasteiger partial charge in [-0.1, -0.05) is 24.6 Å². The molecule has 2 aromatic carbocycles. The highest BCUT2D eigenvalue weighted by molar-refractivity contribution is 6.55.